The predicted molar refractivity (Wildman–Crippen MR) is 60.3 cm³/mol. The van der Waals surface area contributed by atoms with Crippen molar-refractivity contribution in [3.63, 3.8) is 0 Å². The van der Waals surface area contributed by atoms with Crippen molar-refractivity contribution in [2.45, 2.75) is 32.8 Å². The standard InChI is InChI=1S/C11H17N3O/c1-3-5-8(2)15-9-6-4-7-14-10(9)11(12)13/h4,6-8H,3,5H2,1-2H3,(H3,12,13). The zero-order chi connectivity index (χ0) is 11.3. The Kier molecular flexibility index (Phi) is 4.09. The van der Waals surface area contributed by atoms with Crippen LogP contribution in [0.1, 0.15) is 32.4 Å². The lowest BCUT2D eigenvalue weighted by Crippen LogP contribution is -2.18. The molecule has 82 valence electrons. The summed E-state index contributed by atoms with van der Waals surface area (Å²) < 4.78 is 5.66. The predicted octanol–water partition coefficient (Wildman–Crippen LogP) is 1.93. The van der Waals surface area contributed by atoms with Crippen LogP contribution in [-0.2, 0) is 0 Å². The number of nitrogens with zero attached hydrogens (tertiary/aromatic N) is 1. The monoisotopic (exact) mass is 207 g/mol. The van der Waals surface area contributed by atoms with Gasteiger partial charge in [-0.15, -0.1) is 0 Å². The Morgan fingerprint density at radius 2 is 2.40 bits per heavy atom. The van der Waals surface area contributed by atoms with Crippen LogP contribution in [0.25, 0.3) is 0 Å². The van der Waals surface area contributed by atoms with Crippen molar-refractivity contribution in [3.8, 4) is 5.75 Å². The highest BCUT2D eigenvalue weighted by Gasteiger charge is 2.10. The normalized spacial score (nSPS) is 12.1. The fourth-order valence-electron chi connectivity index (χ4n) is 1.37. The van der Waals surface area contributed by atoms with E-state index in [1.54, 1.807) is 18.3 Å². The number of pyridine rings is 1. The van der Waals surface area contributed by atoms with E-state index in [-0.39, 0.29) is 11.9 Å². The van der Waals surface area contributed by atoms with Gasteiger partial charge < -0.3 is 10.5 Å². The molecule has 0 fully saturated rings. The molecule has 0 saturated heterocycles. The Hall–Kier alpha value is -1.58. The van der Waals surface area contributed by atoms with Gasteiger partial charge in [0.2, 0.25) is 0 Å². The molecule has 0 bridgehead atoms. The second-order valence-corrected chi connectivity index (χ2v) is 3.48. The number of hydrogen-bond donors (Lipinski definition) is 2. The van der Waals surface area contributed by atoms with Crippen molar-refractivity contribution in [2.75, 3.05) is 0 Å². The van der Waals surface area contributed by atoms with Gasteiger partial charge in [-0.25, -0.2) is 4.98 Å². The first-order chi connectivity index (χ1) is 7.15. The van der Waals surface area contributed by atoms with Crippen LogP contribution in [0.2, 0.25) is 0 Å². The lowest BCUT2D eigenvalue weighted by atomic mass is 10.2. The van der Waals surface area contributed by atoms with Crippen molar-refractivity contribution in [3.05, 3.63) is 24.0 Å². The zero-order valence-corrected chi connectivity index (χ0v) is 9.16. The second-order valence-electron chi connectivity index (χ2n) is 3.48. The fourth-order valence-corrected chi connectivity index (χ4v) is 1.37. The third kappa shape index (κ3) is 3.23. The highest BCUT2D eigenvalue weighted by Crippen LogP contribution is 2.17. The minimum absolute atomic E-state index is 0.0608. The number of hydrogen-bond acceptors (Lipinski definition) is 3. The Morgan fingerprint density at radius 3 is 3.00 bits per heavy atom. The second kappa shape index (κ2) is 5.34. The average Bonchev–Trinajstić information content (AvgIpc) is 2.18. The Labute approximate surface area is 90.0 Å². The number of amidine groups is 1. The highest BCUT2D eigenvalue weighted by molar-refractivity contribution is 5.95. The molecular formula is C11H17N3O. The molecule has 0 saturated carbocycles. The molecule has 1 heterocycles. The molecule has 1 atom stereocenters. The minimum Gasteiger partial charge on any atom is -0.488 e. The quantitative estimate of drug-likeness (QED) is 0.572. The number of nitrogens with one attached hydrogen (secondary N) is 1. The molecule has 3 N–H and O–H groups in total. The van der Waals surface area contributed by atoms with E-state index in [1.807, 2.05) is 6.92 Å². The summed E-state index contributed by atoms with van der Waals surface area (Å²) in [6, 6.07) is 3.57. The smallest absolute Gasteiger partial charge is 0.149 e. The summed E-state index contributed by atoms with van der Waals surface area (Å²) in [7, 11) is 0. The van der Waals surface area contributed by atoms with Gasteiger partial charge in [0.15, 0.2) is 0 Å². The maximum absolute atomic E-state index is 7.36. The molecule has 0 aromatic carbocycles. The number of ether oxygens (including phenoxy) is 1. The maximum atomic E-state index is 7.36. The molecule has 1 unspecified atom stereocenters. The van der Waals surface area contributed by atoms with Gasteiger partial charge in [-0.1, -0.05) is 13.3 Å². The van der Waals surface area contributed by atoms with E-state index in [1.165, 1.54) is 0 Å². The molecule has 4 nitrogen and oxygen atoms in total. The van der Waals surface area contributed by atoms with Crippen LogP contribution in [0.3, 0.4) is 0 Å². The van der Waals surface area contributed by atoms with Crippen LogP contribution < -0.4 is 10.5 Å². The van der Waals surface area contributed by atoms with E-state index in [2.05, 4.69) is 11.9 Å². The Bertz CT molecular complexity index is 338. The first-order valence-corrected chi connectivity index (χ1v) is 5.11. The van der Waals surface area contributed by atoms with E-state index >= 15 is 0 Å². The fraction of sp³-hybridized carbons (Fsp3) is 0.455. The SMILES string of the molecule is CCCC(C)Oc1cccnc1C(=N)N. The lowest BCUT2D eigenvalue weighted by Gasteiger charge is -2.15. The van der Waals surface area contributed by atoms with Crippen LogP contribution in [0.4, 0.5) is 0 Å². The van der Waals surface area contributed by atoms with E-state index < -0.39 is 0 Å². The van der Waals surface area contributed by atoms with E-state index in [0.29, 0.717) is 11.4 Å². The lowest BCUT2D eigenvalue weighted by molar-refractivity contribution is 0.208. The molecule has 1 aromatic heterocycles. The van der Waals surface area contributed by atoms with Gasteiger partial charge >= 0.3 is 0 Å². The zero-order valence-electron chi connectivity index (χ0n) is 9.16. The molecule has 0 radical (unpaired) electrons. The molecule has 0 aliphatic heterocycles. The highest BCUT2D eigenvalue weighted by atomic mass is 16.5. The summed E-state index contributed by atoms with van der Waals surface area (Å²) in [5.74, 6) is 0.528. The van der Waals surface area contributed by atoms with Crippen molar-refractivity contribution in [1.82, 2.24) is 4.98 Å². The van der Waals surface area contributed by atoms with Gasteiger partial charge in [-0.05, 0) is 25.5 Å². The summed E-state index contributed by atoms with van der Waals surface area (Å²) in [5, 5.41) is 7.36. The van der Waals surface area contributed by atoms with Gasteiger partial charge in [0, 0.05) is 6.20 Å². The molecule has 0 aliphatic rings. The summed E-state index contributed by atoms with van der Waals surface area (Å²) in [4.78, 5) is 4.02. The van der Waals surface area contributed by atoms with Crippen LogP contribution >= 0.6 is 0 Å². The topological polar surface area (TPSA) is 72.0 Å². The van der Waals surface area contributed by atoms with Gasteiger partial charge in [0.25, 0.3) is 0 Å². The van der Waals surface area contributed by atoms with Crippen LogP contribution in [0.15, 0.2) is 18.3 Å². The van der Waals surface area contributed by atoms with Crippen LogP contribution in [0.5, 0.6) is 5.75 Å². The van der Waals surface area contributed by atoms with Gasteiger partial charge in [-0.2, -0.15) is 0 Å². The largest absolute Gasteiger partial charge is 0.488 e. The van der Waals surface area contributed by atoms with Crippen molar-refractivity contribution < 1.29 is 4.74 Å². The minimum atomic E-state index is -0.0608. The first-order valence-electron chi connectivity index (χ1n) is 5.11. The summed E-state index contributed by atoms with van der Waals surface area (Å²) >= 11 is 0. The Balaban J connectivity index is 2.79. The summed E-state index contributed by atoms with van der Waals surface area (Å²) in [6.45, 7) is 4.11. The third-order valence-electron chi connectivity index (χ3n) is 2.05. The molecule has 1 rings (SSSR count). The molecule has 15 heavy (non-hydrogen) atoms. The third-order valence-corrected chi connectivity index (χ3v) is 2.05. The van der Waals surface area contributed by atoms with Gasteiger partial charge in [0.05, 0.1) is 6.10 Å². The van der Waals surface area contributed by atoms with E-state index in [4.69, 9.17) is 15.9 Å². The van der Waals surface area contributed by atoms with E-state index in [9.17, 15) is 0 Å². The van der Waals surface area contributed by atoms with Crippen molar-refractivity contribution >= 4 is 5.84 Å². The van der Waals surface area contributed by atoms with Crippen LogP contribution in [-0.4, -0.2) is 16.9 Å². The molecule has 0 aliphatic carbocycles. The van der Waals surface area contributed by atoms with Crippen molar-refractivity contribution in [2.24, 2.45) is 5.73 Å². The number of nitrogens with two attached hydrogens (primary N) is 1. The average molecular weight is 207 g/mol. The molecule has 0 amide bonds. The molecular weight excluding hydrogens is 190 g/mol. The summed E-state index contributed by atoms with van der Waals surface area (Å²) in [6.07, 6.45) is 3.77. The number of nitrogen functional groups attached to an aromatic ring is 1. The molecule has 0 spiro atoms. The molecule has 4 heteroatoms. The number of aromatic nitrogens is 1. The van der Waals surface area contributed by atoms with Gasteiger partial charge in [0.1, 0.15) is 17.3 Å². The first kappa shape index (κ1) is 11.5. The Morgan fingerprint density at radius 1 is 1.67 bits per heavy atom. The maximum Gasteiger partial charge on any atom is 0.149 e. The van der Waals surface area contributed by atoms with Gasteiger partial charge in [-0.3, -0.25) is 5.41 Å². The summed E-state index contributed by atoms with van der Waals surface area (Å²) in [5.41, 5.74) is 5.82. The van der Waals surface area contributed by atoms with Crippen LogP contribution in [0, 0.1) is 5.41 Å². The number of rotatable bonds is 5. The van der Waals surface area contributed by atoms with Crippen molar-refractivity contribution in [1.29, 1.82) is 5.41 Å². The van der Waals surface area contributed by atoms with E-state index in [0.717, 1.165) is 12.8 Å². The molecule has 1 aromatic rings.